The van der Waals surface area contributed by atoms with Gasteiger partial charge in [-0.15, -0.1) is 0 Å². The highest BCUT2D eigenvalue weighted by Gasteiger charge is 2.16. The van der Waals surface area contributed by atoms with E-state index in [2.05, 4.69) is 5.32 Å². The first kappa shape index (κ1) is 14.4. The molecule has 0 radical (unpaired) electrons. The van der Waals surface area contributed by atoms with Crippen LogP contribution in [-0.2, 0) is 9.53 Å². The lowest BCUT2D eigenvalue weighted by Crippen LogP contribution is -2.38. The van der Waals surface area contributed by atoms with Crippen LogP contribution in [0, 0.1) is 11.8 Å². The zero-order chi connectivity index (χ0) is 11.8. The summed E-state index contributed by atoms with van der Waals surface area (Å²) in [6.45, 7) is 8.76. The topological polar surface area (TPSA) is 58.6 Å². The van der Waals surface area contributed by atoms with Crippen LogP contribution in [0.15, 0.2) is 0 Å². The third-order valence-corrected chi connectivity index (χ3v) is 2.58. The van der Waals surface area contributed by atoms with Gasteiger partial charge in [0.25, 0.3) is 0 Å². The van der Waals surface area contributed by atoms with Crippen LogP contribution in [0.25, 0.3) is 0 Å². The molecule has 0 amide bonds. The number of aliphatic hydroxyl groups excluding tert-OH is 1. The number of carbonyl (C=O) groups is 1. The van der Waals surface area contributed by atoms with E-state index in [1.807, 2.05) is 20.8 Å². The van der Waals surface area contributed by atoms with Crippen molar-refractivity contribution in [1.82, 2.24) is 5.32 Å². The van der Waals surface area contributed by atoms with Crippen molar-refractivity contribution in [3.8, 4) is 0 Å². The minimum atomic E-state index is -0.172. The van der Waals surface area contributed by atoms with Gasteiger partial charge in [0.1, 0.15) is 0 Å². The molecule has 0 aliphatic carbocycles. The number of hydrogen-bond donors (Lipinski definition) is 2. The summed E-state index contributed by atoms with van der Waals surface area (Å²) in [6, 6.07) is 0.201. The molecule has 0 saturated heterocycles. The molecule has 0 rings (SSSR count). The van der Waals surface area contributed by atoms with Crippen molar-refractivity contribution in [2.45, 2.75) is 33.7 Å². The summed E-state index contributed by atoms with van der Waals surface area (Å²) in [7, 11) is 0. The molecular formula is C11H23NO3. The van der Waals surface area contributed by atoms with Crippen molar-refractivity contribution < 1.29 is 14.6 Å². The van der Waals surface area contributed by atoms with Crippen LogP contribution in [0.4, 0.5) is 0 Å². The van der Waals surface area contributed by atoms with Crippen LogP contribution in [0.3, 0.4) is 0 Å². The summed E-state index contributed by atoms with van der Waals surface area (Å²) in [4.78, 5) is 11.3. The maximum atomic E-state index is 11.3. The Morgan fingerprint density at radius 1 is 1.40 bits per heavy atom. The van der Waals surface area contributed by atoms with Crippen LogP contribution in [0.2, 0.25) is 0 Å². The van der Waals surface area contributed by atoms with E-state index in [4.69, 9.17) is 9.84 Å². The van der Waals surface area contributed by atoms with E-state index in [1.165, 1.54) is 0 Å². The number of hydrogen-bond acceptors (Lipinski definition) is 4. The van der Waals surface area contributed by atoms with E-state index < -0.39 is 0 Å². The molecule has 2 N–H and O–H groups in total. The number of carbonyl (C=O) groups excluding carboxylic acids is 1. The molecule has 0 heterocycles. The molecule has 0 aromatic carbocycles. The van der Waals surface area contributed by atoms with Gasteiger partial charge in [0.2, 0.25) is 0 Å². The number of nitrogens with one attached hydrogen (secondary N) is 1. The second kappa shape index (κ2) is 7.65. The Labute approximate surface area is 92.0 Å². The first-order valence-electron chi connectivity index (χ1n) is 5.53. The molecule has 90 valence electrons. The Morgan fingerprint density at radius 2 is 2.00 bits per heavy atom. The zero-order valence-corrected chi connectivity index (χ0v) is 10.1. The van der Waals surface area contributed by atoms with Crippen LogP contribution < -0.4 is 5.32 Å². The maximum Gasteiger partial charge on any atom is 0.309 e. The Bertz CT molecular complexity index is 185. The van der Waals surface area contributed by atoms with Gasteiger partial charge in [-0.3, -0.25) is 4.79 Å². The highest BCUT2D eigenvalue weighted by molar-refractivity contribution is 5.72. The smallest absolute Gasteiger partial charge is 0.309 e. The van der Waals surface area contributed by atoms with Gasteiger partial charge in [-0.1, -0.05) is 13.8 Å². The average Bonchev–Trinajstić information content (AvgIpc) is 2.24. The van der Waals surface area contributed by atoms with E-state index in [-0.39, 0.29) is 30.5 Å². The summed E-state index contributed by atoms with van der Waals surface area (Å²) in [5.41, 5.74) is 0. The molecule has 0 aromatic rings. The molecule has 0 aliphatic heterocycles. The average molecular weight is 217 g/mol. The van der Waals surface area contributed by atoms with Crippen molar-refractivity contribution in [2.24, 2.45) is 11.8 Å². The van der Waals surface area contributed by atoms with Crippen molar-refractivity contribution in [3.05, 3.63) is 0 Å². The van der Waals surface area contributed by atoms with Crippen LogP contribution in [0.5, 0.6) is 0 Å². The minimum absolute atomic E-state index is 0.140. The van der Waals surface area contributed by atoms with Crippen LogP contribution >= 0.6 is 0 Å². The second-order valence-electron chi connectivity index (χ2n) is 4.01. The Morgan fingerprint density at radius 3 is 2.47 bits per heavy atom. The maximum absolute atomic E-state index is 11.3. The van der Waals surface area contributed by atoms with Gasteiger partial charge >= 0.3 is 5.97 Å². The lowest BCUT2D eigenvalue weighted by molar-refractivity contribution is -0.147. The number of ether oxygens (including phenoxy) is 1. The molecule has 0 aliphatic rings. The number of aliphatic hydroxyl groups is 1. The zero-order valence-electron chi connectivity index (χ0n) is 10.1. The molecule has 0 spiro atoms. The highest BCUT2D eigenvalue weighted by atomic mass is 16.5. The Hall–Kier alpha value is -0.610. The molecule has 3 unspecified atom stereocenters. The molecule has 0 saturated carbocycles. The van der Waals surface area contributed by atoms with Gasteiger partial charge < -0.3 is 15.2 Å². The van der Waals surface area contributed by atoms with E-state index in [0.29, 0.717) is 13.2 Å². The predicted molar refractivity (Wildman–Crippen MR) is 59.5 cm³/mol. The molecule has 15 heavy (non-hydrogen) atoms. The fourth-order valence-electron chi connectivity index (χ4n) is 1.09. The third kappa shape index (κ3) is 5.74. The van der Waals surface area contributed by atoms with E-state index in [0.717, 1.165) is 0 Å². The molecule has 0 aromatic heterocycles. The second-order valence-corrected chi connectivity index (χ2v) is 4.01. The minimum Gasteiger partial charge on any atom is -0.466 e. The number of rotatable bonds is 7. The Kier molecular flexibility index (Phi) is 7.34. The summed E-state index contributed by atoms with van der Waals surface area (Å²) in [5.74, 6) is -0.119. The van der Waals surface area contributed by atoms with Crippen molar-refractivity contribution in [1.29, 1.82) is 0 Å². The molecule has 4 nitrogen and oxygen atoms in total. The summed E-state index contributed by atoms with van der Waals surface area (Å²) >= 11 is 0. The largest absolute Gasteiger partial charge is 0.466 e. The fourth-order valence-corrected chi connectivity index (χ4v) is 1.09. The normalized spacial score (nSPS) is 16.9. The first-order valence-corrected chi connectivity index (χ1v) is 5.53. The highest BCUT2D eigenvalue weighted by Crippen LogP contribution is 2.03. The third-order valence-electron chi connectivity index (χ3n) is 2.58. The van der Waals surface area contributed by atoms with Gasteiger partial charge in [0.05, 0.1) is 12.5 Å². The Balaban J connectivity index is 3.79. The quantitative estimate of drug-likeness (QED) is 0.619. The van der Waals surface area contributed by atoms with E-state index >= 15 is 0 Å². The summed E-state index contributed by atoms with van der Waals surface area (Å²) in [6.07, 6.45) is 0. The van der Waals surface area contributed by atoms with Crippen molar-refractivity contribution in [2.75, 3.05) is 19.8 Å². The monoisotopic (exact) mass is 217 g/mol. The van der Waals surface area contributed by atoms with Crippen LogP contribution in [0.1, 0.15) is 27.7 Å². The van der Waals surface area contributed by atoms with Gasteiger partial charge in [-0.2, -0.15) is 0 Å². The van der Waals surface area contributed by atoms with Gasteiger partial charge in [-0.05, 0) is 19.8 Å². The molecule has 0 bridgehead atoms. The van der Waals surface area contributed by atoms with Gasteiger partial charge in [0.15, 0.2) is 0 Å². The SMILES string of the molecule is CCOC(=O)C(C)CNC(C)C(C)CO. The fraction of sp³-hybridized carbons (Fsp3) is 0.909. The van der Waals surface area contributed by atoms with Gasteiger partial charge in [0, 0.05) is 19.2 Å². The van der Waals surface area contributed by atoms with Gasteiger partial charge in [-0.25, -0.2) is 0 Å². The summed E-state index contributed by atoms with van der Waals surface area (Å²) in [5, 5.41) is 12.1. The lowest BCUT2D eigenvalue weighted by Gasteiger charge is -2.21. The standard InChI is InChI=1S/C11H23NO3/c1-5-15-11(14)8(2)6-12-10(4)9(3)7-13/h8-10,12-13H,5-7H2,1-4H3. The van der Waals surface area contributed by atoms with E-state index in [1.54, 1.807) is 6.92 Å². The molecular weight excluding hydrogens is 194 g/mol. The molecule has 4 heteroatoms. The molecule has 0 fully saturated rings. The molecule has 3 atom stereocenters. The first-order chi connectivity index (χ1) is 7.02. The lowest BCUT2D eigenvalue weighted by atomic mass is 10.0. The summed E-state index contributed by atoms with van der Waals surface area (Å²) < 4.78 is 4.89. The predicted octanol–water partition coefficient (Wildman–Crippen LogP) is 0.792. The van der Waals surface area contributed by atoms with Crippen LogP contribution in [-0.4, -0.2) is 36.9 Å². The van der Waals surface area contributed by atoms with E-state index in [9.17, 15) is 4.79 Å². The van der Waals surface area contributed by atoms with Crippen molar-refractivity contribution in [3.63, 3.8) is 0 Å². The van der Waals surface area contributed by atoms with Crippen molar-refractivity contribution >= 4 is 5.97 Å². The number of esters is 1.